The summed E-state index contributed by atoms with van der Waals surface area (Å²) in [5.74, 6) is -0.878. The molecule has 2 aliphatic rings. The van der Waals surface area contributed by atoms with Crippen LogP contribution in [0.15, 0.2) is 35.1 Å². The van der Waals surface area contributed by atoms with Gasteiger partial charge in [-0.2, -0.15) is 5.10 Å². The van der Waals surface area contributed by atoms with Crippen molar-refractivity contribution in [2.24, 2.45) is 5.10 Å². The Balaban J connectivity index is 2.16. The first kappa shape index (κ1) is 9.15. The number of nitrogens with zero attached hydrogens (tertiary/aromatic N) is 2. The fraction of sp³-hybridized carbons (Fsp3) is 0.167. The Kier molecular flexibility index (Phi) is 1.83. The first-order valence-electron chi connectivity index (χ1n) is 5.12. The van der Waals surface area contributed by atoms with Crippen molar-refractivity contribution in [1.82, 2.24) is 0 Å². The number of hydrogen-bond donors (Lipinski definition) is 1. The minimum Gasteiger partial charge on any atom is -0.478 e. The maximum Gasteiger partial charge on any atom is 0.333 e. The minimum absolute atomic E-state index is 0.378. The Hall–Kier alpha value is -2.10. The topological polar surface area (TPSA) is 52.9 Å². The van der Waals surface area contributed by atoms with E-state index in [9.17, 15) is 4.79 Å². The highest BCUT2D eigenvalue weighted by molar-refractivity contribution is 5.90. The minimum atomic E-state index is -0.878. The molecule has 1 N–H and O–H groups in total. The lowest BCUT2D eigenvalue weighted by atomic mass is 9.95. The second kappa shape index (κ2) is 3.20. The smallest absolute Gasteiger partial charge is 0.333 e. The van der Waals surface area contributed by atoms with E-state index in [0.29, 0.717) is 12.0 Å². The number of hydrazone groups is 1. The van der Waals surface area contributed by atoms with Crippen LogP contribution in [0.4, 0.5) is 5.69 Å². The maximum absolute atomic E-state index is 11.0. The normalized spacial score (nSPS) is 16.8. The third-order valence-electron chi connectivity index (χ3n) is 2.88. The third kappa shape index (κ3) is 1.23. The number of carbonyl (C=O) groups is 1. The number of hydrogen-bond acceptors (Lipinski definition) is 3. The Morgan fingerprint density at radius 1 is 1.38 bits per heavy atom. The molecule has 3 rings (SSSR count). The molecule has 0 saturated carbocycles. The van der Waals surface area contributed by atoms with Crippen molar-refractivity contribution >= 4 is 17.9 Å². The van der Waals surface area contributed by atoms with Crippen molar-refractivity contribution in [2.45, 2.75) is 12.8 Å². The molecule has 0 unspecified atom stereocenters. The van der Waals surface area contributed by atoms with Gasteiger partial charge < -0.3 is 5.11 Å². The quantitative estimate of drug-likeness (QED) is 0.771. The van der Waals surface area contributed by atoms with Crippen LogP contribution < -0.4 is 5.01 Å². The van der Waals surface area contributed by atoms with Crippen LogP contribution in [-0.2, 0) is 17.6 Å². The van der Waals surface area contributed by atoms with E-state index in [1.54, 1.807) is 17.4 Å². The molecular weight excluding hydrogens is 204 g/mol. The van der Waals surface area contributed by atoms with Crippen LogP contribution in [0.2, 0.25) is 0 Å². The zero-order chi connectivity index (χ0) is 11.1. The lowest BCUT2D eigenvalue weighted by molar-refractivity contribution is -0.132. The van der Waals surface area contributed by atoms with Crippen molar-refractivity contribution in [2.75, 3.05) is 5.01 Å². The summed E-state index contributed by atoms with van der Waals surface area (Å²) < 4.78 is 0. The van der Waals surface area contributed by atoms with Crippen molar-refractivity contribution in [3.8, 4) is 0 Å². The molecule has 2 heterocycles. The largest absolute Gasteiger partial charge is 0.478 e. The molecule has 0 amide bonds. The molecule has 0 bridgehead atoms. The number of rotatable bonds is 1. The van der Waals surface area contributed by atoms with E-state index in [1.165, 1.54) is 5.56 Å². The van der Waals surface area contributed by atoms with Crippen LogP contribution in [-0.4, -0.2) is 17.3 Å². The van der Waals surface area contributed by atoms with E-state index in [4.69, 9.17) is 5.11 Å². The molecule has 0 aliphatic carbocycles. The number of carboxylic acid groups (broad SMARTS) is 1. The molecule has 0 fully saturated rings. The zero-order valence-corrected chi connectivity index (χ0v) is 8.55. The van der Waals surface area contributed by atoms with Crippen LogP contribution in [0.5, 0.6) is 0 Å². The van der Waals surface area contributed by atoms with Gasteiger partial charge in [-0.25, -0.2) is 9.80 Å². The van der Waals surface area contributed by atoms with Crippen molar-refractivity contribution in [3.05, 3.63) is 41.1 Å². The second-order valence-electron chi connectivity index (χ2n) is 3.91. The van der Waals surface area contributed by atoms with E-state index in [0.717, 1.165) is 17.7 Å². The molecule has 4 nitrogen and oxygen atoms in total. The van der Waals surface area contributed by atoms with Crippen molar-refractivity contribution < 1.29 is 9.90 Å². The second-order valence-corrected chi connectivity index (χ2v) is 3.91. The van der Waals surface area contributed by atoms with Gasteiger partial charge in [0.1, 0.15) is 0 Å². The molecule has 0 atom stereocenters. The Morgan fingerprint density at radius 2 is 2.19 bits per heavy atom. The number of para-hydroxylation sites is 1. The van der Waals surface area contributed by atoms with Crippen LogP contribution >= 0.6 is 0 Å². The number of benzene rings is 1. The average molecular weight is 214 g/mol. The van der Waals surface area contributed by atoms with Gasteiger partial charge in [0.2, 0.25) is 0 Å². The van der Waals surface area contributed by atoms with E-state index in [1.807, 2.05) is 12.1 Å². The Bertz CT molecular complexity index is 532. The summed E-state index contributed by atoms with van der Waals surface area (Å²) in [4.78, 5) is 11.0. The van der Waals surface area contributed by atoms with Gasteiger partial charge in [-0.15, -0.1) is 0 Å². The van der Waals surface area contributed by atoms with Crippen LogP contribution in [0.1, 0.15) is 11.1 Å². The maximum atomic E-state index is 11.0. The van der Waals surface area contributed by atoms with Crippen LogP contribution in [0.3, 0.4) is 0 Å². The lowest BCUT2D eigenvalue weighted by Crippen LogP contribution is -2.24. The fourth-order valence-electron chi connectivity index (χ4n) is 2.16. The molecule has 0 aromatic heterocycles. The fourth-order valence-corrected chi connectivity index (χ4v) is 2.16. The average Bonchev–Trinajstić information content (AvgIpc) is 2.29. The van der Waals surface area contributed by atoms with Gasteiger partial charge in [-0.05, 0) is 11.1 Å². The van der Waals surface area contributed by atoms with E-state index in [2.05, 4.69) is 11.2 Å². The predicted octanol–water partition coefficient (Wildman–Crippen LogP) is 1.56. The summed E-state index contributed by atoms with van der Waals surface area (Å²) in [6, 6.07) is 5.98. The molecule has 0 radical (unpaired) electrons. The summed E-state index contributed by atoms with van der Waals surface area (Å²) in [7, 11) is 0. The van der Waals surface area contributed by atoms with Gasteiger partial charge in [0.05, 0.1) is 11.3 Å². The Morgan fingerprint density at radius 3 is 3.00 bits per heavy atom. The SMILES string of the molecule is O=C(O)C1=CN2N=CCc3cccc(c32)C1. The number of anilines is 1. The summed E-state index contributed by atoms with van der Waals surface area (Å²) in [5.41, 5.74) is 3.67. The monoisotopic (exact) mass is 214 g/mol. The molecule has 1 aromatic rings. The highest BCUT2D eigenvalue weighted by atomic mass is 16.4. The van der Waals surface area contributed by atoms with Crippen LogP contribution in [0.25, 0.3) is 0 Å². The zero-order valence-electron chi connectivity index (χ0n) is 8.55. The molecule has 0 spiro atoms. The molecule has 80 valence electrons. The summed E-state index contributed by atoms with van der Waals surface area (Å²) in [6.07, 6.45) is 4.69. The van der Waals surface area contributed by atoms with Crippen molar-refractivity contribution in [1.29, 1.82) is 0 Å². The summed E-state index contributed by atoms with van der Waals surface area (Å²) in [5, 5.41) is 14.9. The first-order valence-corrected chi connectivity index (χ1v) is 5.12. The summed E-state index contributed by atoms with van der Waals surface area (Å²) in [6.45, 7) is 0. The summed E-state index contributed by atoms with van der Waals surface area (Å²) >= 11 is 0. The molecule has 2 aliphatic heterocycles. The molecule has 4 heteroatoms. The van der Waals surface area contributed by atoms with E-state index in [-0.39, 0.29) is 0 Å². The Labute approximate surface area is 92.5 Å². The van der Waals surface area contributed by atoms with Gasteiger partial charge in [0.15, 0.2) is 0 Å². The van der Waals surface area contributed by atoms with E-state index >= 15 is 0 Å². The lowest BCUT2D eigenvalue weighted by Gasteiger charge is -2.28. The van der Waals surface area contributed by atoms with Gasteiger partial charge >= 0.3 is 5.97 Å². The van der Waals surface area contributed by atoms with Gasteiger partial charge in [-0.3, -0.25) is 0 Å². The predicted molar refractivity (Wildman–Crippen MR) is 60.5 cm³/mol. The molecule has 0 saturated heterocycles. The number of aliphatic carboxylic acids is 1. The van der Waals surface area contributed by atoms with Gasteiger partial charge in [0, 0.05) is 25.3 Å². The standard InChI is InChI=1S/C12H10N2O2/c15-12(16)10-6-9-3-1-2-8-4-5-13-14(7-10)11(8)9/h1-3,5,7H,4,6H2,(H,15,16). The van der Waals surface area contributed by atoms with Crippen LogP contribution in [0, 0.1) is 0 Å². The molecule has 1 aromatic carbocycles. The van der Waals surface area contributed by atoms with Gasteiger partial charge in [-0.1, -0.05) is 18.2 Å². The molecule has 16 heavy (non-hydrogen) atoms. The first-order chi connectivity index (χ1) is 7.75. The van der Waals surface area contributed by atoms with Gasteiger partial charge in [0.25, 0.3) is 0 Å². The van der Waals surface area contributed by atoms with Crippen molar-refractivity contribution in [3.63, 3.8) is 0 Å². The highest BCUT2D eigenvalue weighted by Crippen LogP contribution is 2.34. The number of carboxylic acids is 1. The molecular formula is C12H10N2O2. The third-order valence-corrected chi connectivity index (χ3v) is 2.88. The van der Waals surface area contributed by atoms with E-state index < -0.39 is 5.97 Å². The highest BCUT2D eigenvalue weighted by Gasteiger charge is 2.24.